The molecule has 0 atom stereocenters. The van der Waals surface area contributed by atoms with Gasteiger partial charge in [0.15, 0.2) is 0 Å². The van der Waals surface area contributed by atoms with Gasteiger partial charge in [0.25, 0.3) is 0 Å². The molecule has 1 aromatic carbocycles. The summed E-state index contributed by atoms with van der Waals surface area (Å²) in [6.07, 6.45) is 1.07. The molecular weight excluding hydrogens is 254 g/mol. The number of sulfonamides is 1. The standard InChI is InChI=1S/C12H15NO4S/c1-17-12(14)9-10-3-5-11(6-4-10)18(15,16)13-7-2-8-13/h3-6H,2,7-9H2,1H3. The summed E-state index contributed by atoms with van der Waals surface area (Å²) < 4.78 is 30.1. The van der Waals surface area contributed by atoms with Crippen LogP contribution < -0.4 is 0 Å². The Balaban J connectivity index is 2.14. The van der Waals surface area contributed by atoms with E-state index in [0.717, 1.165) is 12.0 Å². The maximum atomic E-state index is 12.0. The summed E-state index contributed by atoms with van der Waals surface area (Å²) in [6, 6.07) is 6.35. The third-order valence-electron chi connectivity index (χ3n) is 2.95. The normalized spacial score (nSPS) is 16.1. The second-order valence-corrected chi connectivity index (χ2v) is 6.09. The van der Waals surface area contributed by atoms with E-state index in [4.69, 9.17) is 0 Å². The van der Waals surface area contributed by atoms with Crippen molar-refractivity contribution >= 4 is 16.0 Å². The molecule has 0 saturated carbocycles. The lowest BCUT2D eigenvalue weighted by Crippen LogP contribution is -2.41. The van der Waals surface area contributed by atoms with E-state index in [0.29, 0.717) is 13.1 Å². The SMILES string of the molecule is COC(=O)Cc1ccc(S(=O)(=O)N2CCC2)cc1. The molecule has 1 heterocycles. The van der Waals surface area contributed by atoms with Crippen LogP contribution in [0.3, 0.4) is 0 Å². The summed E-state index contributed by atoms with van der Waals surface area (Å²) in [5.41, 5.74) is 0.740. The van der Waals surface area contributed by atoms with E-state index in [-0.39, 0.29) is 17.3 Å². The number of carbonyl (C=O) groups excluding carboxylic acids is 1. The molecule has 0 N–H and O–H groups in total. The van der Waals surface area contributed by atoms with Gasteiger partial charge in [-0.3, -0.25) is 4.79 Å². The average molecular weight is 269 g/mol. The highest BCUT2D eigenvalue weighted by Crippen LogP contribution is 2.21. The lowest BCUT2D eigenvalue weighted by Gasteiger charge is -2.29. The Hall–Kier alpha value is -1.40. The predicted molar refractivity (Wildman–Crippen MR) is 65.5 cm³/mol. The molecule has 0 amide bonds. The number of esters is 1. The lowest BCUT2D eigenvalue weighted by atomic mass is 10.2. The van der Waals surface area contributed by atoms with Crippen molar-refractivity contribution in [2.24, 2.45) is 0 Å². The fraction of sp³-hybridized carbons (Fsp3) is 0.417. The molecule has 98 valence electrons. The number of hydrogen-bond acceptors (Lipinski definition) is 4. The zero-order valence-corrected chi connectivity index (χ0v) is 10.9. The minimum atomic E-state index is -3.34. The number of methoxy groups -OCH3 is 1. The van der Waals surface area contributed by atoms with Crippen molar-refractivity contribution in [3.8, 4) is 0 Å². The Morgan fingerprint density at radius 3 is 2.33 bits per heavy atom. The number of benzene rings is 1. The second-order valence-electron chi connectivity index (χ2n) is 4.15. The van der Waals surface area contributed by atoms with Crippen molar-refractivity contribution in [3.63, 3.8) is 0 Å². The number of hydrogen-bond donors (Lipinski definition) is 0. The fourth-order valence-electron chi connectivity index (χ4n) is 1.69. The van der Waals surface area contributed by atoms with Gasteiger partial charge in [0.1, 0.15) is 0 Å². The summed E-state index contributed by atoms with van der Waals surface area (Å²) >= 11 is 0. The van der Waals surface area contributed by atoms with Gasteiger partial charge in [0, 0.05) is 13.1 Å². The van der Waals surface area contributed by atoms with E-state index >= 15 is 0 Å². The van der Waals surface area contributed by atoms with Crippen LogP contribution in [0.2, 0.25) is 0 Å². The topological polar surface area (TPSA) is 63.7 Å². The highest BCUT2D eigenvalue weighted by Gasteiger charge is 2.28. The molecule has 1 fully saturated rings. The van der Waals surface area contributed by atoms with Crippen LogP contribution in [0.4, 0.5) is 0 Å². The summed E-state index contributed by atoms with van der Waals surface area (Å²) in [7, 11) is -2.01. The monoisotopic (exact) mass is 269 g/mol. The molecule has 0 aliphatic carbocycles. The van der Waals surface area contributed by atoms with Crippen molar-refractivity contribution < 1.29 is 17.9 Å². The molecule has 0 radical (unpaired) electrons. The Kier molecular flexibility index (Phi) is 3.68. The van der Waals surface area contributed by atoms with Crippen LogP contribution >= 0.6 is 0 Å². The number of ether oxygens (including phenoxy) is 1. The van der Waals surface area contributed by atoms with E-state index in [1.165, 1.54) is 23.5 Å². The molecule has 1 aliphatic rings. The molecule has 1 aliphatic heterocycles. The third kappa shape index (κ3) is 2.54. The highest BCUT2D eigenvalue weighted by molar-refractivity contribution is 7.89. The van der Waals surface area contributed by atoms with Gasteiger partial charge in [-0.15, -0.1) is 0 Å². The first-order valence-corrected chi connectivity index (χ1v) is 7.14. The van der Waals surface area contributed by atoms with E-state index in [1.807, 2.05) is 0 Å². The molecule has 1 aromatic rings. The van der Waals surface area contributed by atoms with Crippen LogP contribution in [0.1, 0.15) is 12.0 Å². The first kappa shape index (κ1) is 13.0. The van der Waals surface area contributed by atoms with Crippen LogP contribution in [-0.4, -0.2) is 38.9 Å². The van der Waals surface area contributed by atoms with Gasteiger partial charge < -0.3 is 4.74 Å². The summed E-state index contributed by atoms with van der Waals surface area (Å²) in [5, 5.41) is 0. The van der Waals surface area contributed by atoms with Crippen LogP contribution in [0.5, 0.6) is 0 Å². The molecule has 2 rings (SSSR count). The Morgan fingerprint density at radius 2 is 1.89 bits per heavy atom. The van der Waals surface area contributed by atoms with E-state index in [1.54, 1.807) is 12.1 Å². The van der Waals surface area contributed by atoms with E-state index in [9.17, 15) is 13.2 Å². The van der Waals surface area contributed by atoms with Crippen molar-refractivity contribution in [3.05, 3.63) is 29.8 Å². The maximum absolute atomic E-state index is 12.0. The Morgan fingerprint density at radius 1 is 1.28 bits per heavy atom. The average Bonchev–Trinajstić information content (AvgIpc) is 2.26. The first-order chi connectivity index (χ1) is 8.54. The Bertz CT molecular complexity index is 532. The summed E-state index contributed by atoms with van der Waals surface area (Å²) in [4.78, 5) is 11.4. The van der Waals surface area contributed by atoms with Gasteiger partial charge in [0.2, 0.25) is 10.0 Å². The summed E-state index contributed by atoms with van der Waals surface area (Å²) in [5.74, 6) is -0.339. The fourth-order valence-corrected chi connectivity index (χ4v) is 3.21. The van der Waals surface area contributed by atoms with Crippen LogP contribution in [-0.2, 0) is 26.0 Å². The third-order valence-corrected chi connectivity index (χ3v) is 4.87. The lowest BCUT2D eigenvalue weighted by molar-refractivity contribution is -0.139. The molecule has 0 spiro atoms. The molecule has 0 bridgehead atoms. The minimum absolute atomic E-state index is 0.153. The van der Waals surface area contributed by atoms with Crippen molar-refractivity contribution in [2.45, 2.75) is 17.7 Å². The Labute approximate surface area is 106 Å². The maximum Gasteiger partial charge on any atom is 0.309 e. The van der Waals surface area contributed by atoms with Crippen molar-refractivity contribution in [1.82, 2.24) is 4.31 Å². The number of carbonyl (C=O) groups is 1. The summed E-state index contributed by atoms with van der Waals surface area (Å²) in [6.45, 7) is 1.18. The van der Waals surface area contributed by atoms with Crippen LogP contribution in [0, 0.1) is 0 Å². The number of rotatable bonds is 4. The predicted octanol–water partition coefficient (Wildman–Crippen LogP) is 0.796. The quantitative estimate of drug-likeness (QED) is 0.758. The van der Waals surface area contributed by atoms with E-state index in [2.05, 4.69) is 4.74 Å². The highest BCUT2D eigenvalue weighted by atomic mass is 32.2. The smallest absolute Gasteiger partial charge is 0.309 e. The van der Waals surface area contributed by atoms with Gasteiger partial charge in [-0.2, -0.15) is 4.31 Å². The first-order valence-electron chi connectivity index (χ1n) is 5.70. The molecule has 18 heavy (non-hydrogen) atoms. The van der Waals surface area contributed by atoms with Crippen molar-refractivity contribution in [2.75, 3.05) is 20.2 Å². The van der Waals surface area contributed by atoms with Gasteiger partial charge in [-0.1, -0.05) is 12.1 Å². The second kappa shape index (κ2) is 5.07. The molecule has 6 heteroatoms. The number of nitrogens with zero attached hydrogens (tertiary/aromatic N) is 1. The zero-order chi connectivity index (χ0) is 13.2. The molecular formula is C12H15NO4S. The van der Waals surface area contributed by atoms with Gasteiger partial charge >= 0.3 is 5.97 Å². The van der Waals surface area contributed by atoms with Crippen LogP contribution in [0.25, 0.3) is 0 Å². The molecule has 1 saturated heterocycles. The van der Waals surface area contributed by atoms with Gasteiger partial charge in [-0.25, -0.2) is 8.42 Å². The largest absolute Gasteiger partial charge is 0.469 e. The van der Waals surface area contributed by atoms with Crippen LogP contribution in [0.15, 0.2) is 29.2 Å². The molecule has 5 nitrogen and oxygen atoms in total. The van der Waals surface area contributed by atoms with Gasteiger partial charge in [-0.05, 0) is 24.1 Å². The minimum Gasteiger partial charge on any atom is -0.469 e. The zero-order valence-electron chi connectivity index (χ0n) is 10.1. The molecule has 0 unspecified atom stereocenters. The van der Waals surface area contributed by atoms with Gasteiger partial charge in [0.05, 0.1) is 18.4 Å². The molecule has 0 aromatic heterocycles. The van der Waals surface area contributed by atoms with Crippen molar-refractivity contribution in [1.29, 1.82) is 0 Å². The van der Waals surface area contributed by atoms with E-state index < -0.39 is 10.0 Å².